The van der Waals surface area contributed by atoms with E-state index in [4.69, 9.17) is 12.2 Å². The van der Waals surface area contributed by atoms with Gasteiger partial charge < -0.3 is 9.80 Å². The van der Waals surface area contributed by atoms with E-state index < -0.39 is 0 Å². The molecule has 96 valence electrons. The van der Waals surface area contributed by atoms with Crippen LogP contribution in [-0.2, 0) is 0 Å². The van der Waals surface area contributed by atoms with Crippen LogP contribution < -0.4 is 10.3 Å². The molecule has 0 fully saturated rings. The van der Waals surface area contributed by atoms with E-state index >= 15 is 0 Å². The van der Waals surface area contributed by atoms with Crippen molar-refractivity contribution in [3.63, 3.8) is 0 Å². The molecule has 0 heterocycles. The Labute approximate surface area is 109 Å². The molecule has 0 atom stereocenters. The Morgan fingerprint density at radius 3 is 2.41 bits per heavy atom. The first-order valence-corrected chi connectivity index (χ1v) is 6.74. The highest BCUT2D eigenvalue weighted by molar-refractivity contribution is 7.71. The van der Waals surface area contributed by atoms with Crippen LogP contribution in [0, 0.1) is 4.51 Å². The van der Waals surface area contributed by atoms with E-state index in [0.717, 1.165) is 31.7 Å². The fraction of sp³-hybridized carbons (Fsp3) is 0.692. The van der Waals surface area contributed by atoms with Crippen LogP contribution >= 0.6 is 12.2 Å². The maximum Gasteiger partial charge on any atom is 0.200 e. The zero-order chi connectivity index (χ0) is 12.8. The molecule has 0 saturated carbocycles. The number of anilines is 1. The average Bonchev–Trinajstić information content (AvgIpc) is 2.33. The molecule has 0 amide bonds. The molecule has 1 aromatic rings. The highest BCUT2D eigenvalue weighted by Crippen LogP contribution is 2.13. The summed E-state index contributed by atoms with van der Waals surface area (Å²) in [6.07, 6.45) is 2.31. The first-order chi connectivity index (χ1) is 8.10. The molecule has 0 bridgehead atoms. The minimum Gasteiger partial charge on any atom is -0.373 e. The molecule has 0 spiro atoms. The zero-order valence-electron chi connectivity index (χ0n) is 11.0. The fourth-order valence-electron chi connectivity index (χ4n) is 1.98. The first-order valence-electron chi connectivity index (χ1n) is 6.34. The lowest BCUT2D eigenvalue weighted by molar-refractivity contribution is 0.286. The lowest BCUT2D eigenvalue weighted by atomic mass is 10.2. The van der Waals surface area contributed by atoms with E-state index in [1.165, 1.54) is 13.0 Å². The summed E-state index contributed by atoms with van der Waals surface area (Å²) in [6.45, 7) is 8.75. The van der Waals surface area contributed by atoms with Crippen molar-refractivity contribution in [2.45, 2.75) is 26.7 Å². The molecule has 0 saturated heterocycles. The summed E-state index contributed by atoms with van der Waals surface area (Å²) in [7, 11) is 2.00. The quantitative estimate of drug-likeness (QED) is 0.664. The summed E-state index contributed by atoms with van der Waals surface area (Å²) in [6, 6.07) is 1.63. The molecular formula is C13H22N2OS. The Bertz CT molecular complexity index is 409. The van der Waals surface area contributed by atoms with Crippen molar-refractivity contribution in [2.24, 2.45) is 0 Å². The van der Waals surface area contributed by atoms with Gasteiger partial charge >= 0.3 is 0 Å². The zero-order valence-corrected chi connectivity index (χ0v) is 11.8. The second-order valence-electron chi connectivity index (χ2n) is 4.43. The van der Waals surface area contributed by atoms with E-state index in [9.17, 15) is 4.79 Å². The molecule has 0 aliphatic rings. The second-order valence-corrected chi connectivity index (χ2v) is 4.84. The van der Waals surface area contributed by atoms with Gasteiger partial charge in [-0.05, 0) is 32.5 Å². The molecule has 4 heteroatoms. The Morgan fingerprint density at radius 1 is 1.24 bits per heavy atom. The van der Waals surface area contributed by atoms with Gasteiger partial charge in [0.1, 0.15) is 4.51 Å². The average molecular weight is 254 g/mol. The van der Waals surface area contributed by atoms with Gasteiger partial charge in [-0.3, -0.25) is 4.79 Å². The first kappa shape index (κ1) is 14.3. The van der Waals surface area contributed by atoms with E-state index in [2.05, 4.69) is 23.6 Å². The van der Waals surface area contributed by atoms with Gasteiger partial charge in [-0.25, -0.2) is 0 Å². The van der Waals surface area contributed by atoms with Crippen molar-refractivity contribution in [3.8, 4) is 0 Å². The van der Waals surface area contributed by atoms with Gasteiger partial charge in [0, 0.05) is 19.7 Å². The van der Waals surface area contributed by atoms with E-state index in [1.807, 2.05) is 7.05 Å². The third kappa shape index (κ3) is 3.89. The van der Waals surface area contributed by atoms with Crippen molar-refractivity contribution in [1.82, 2.24) is 4.90 Å². The maximum atomic E-state index is 11.0. The van der Waals surface area contributed by atoms with E-state index in [1.54, 1.807) is 6.07 Å². The predicted molar refractivity (Wildman–Crippen MR) is 76.2 cm³/mol. The van der Waals surface area contributed by atoms with Crippen LogP contribution in [0.3, 0.4) is 0 Å². The van der Waals surface area contributed by atoms with Crippen LogP contribution in [-0.4, -0.2) is 38.1 Å². The van der Waals surface area contributed by atoms with Crippen LogP contribution in [0.4, 0.5) is 5.69 Å². The number of hydrogen-bond donors (Lipinski definition) is 0. The van der Waals surface area contributed by atoms with Gasteiger partial charge in [0.05, 0.1) is 5.69 Å². The molecule has 3 nitrogen and oxygen atoms in total. The lowest BCUT2D eigenvalue weighted by Gasteiger charge is -2.24. The Kier molecular flexibility index (Phi) is 5.78. The predicted octanol–water partition coefficient (Wildman–Crippen LogP) is 2.21. The Morgan fingerprint density at radius 2 is 1.94 bits per heavy atom. The van der Waals surface area contributed by atoms with Crippen LogP contribution in [0.15, 0.2) is 10.9 Å². The van der Waals surface area contributed by atoms with Gasteiger partial charge in [-0.15, -0.1) is 0 Å². The number of nitrogens with zero attached hydrogens (tertiary/aromatic N) is 2. The summed E-state index contributed by atoms with van der Waals surface area (Å²) >= 11 is 5.00. The van der Waals surface area contributed by atoms with Crippen molar-refractivity contribution in [1.29, 1.82) is 0 Å². The minimum atomic E-state index is 0.00279. The minimum absolute atomic E-state index is 0.00279. The number of rotatable bonds is 8. The molecule has 0 N–H and O–H groups in total. The molecule has 0 unspecified atom stereocenters. The highest BCUT2D eigenvalue weighted by atomic mass is 32.1. The third-order valence-electron chi connectivity index (χ3n) is 3.09. The Hall–Kier alpha value is -0.740. The van der Waals surface area contributed by atoms with Gasteiger partial charge in [-0.1, -0.05) is 26.1 Å². The fourth-order valence-corrected chi connectivity index (χ4v) is 2.26. The van der Waals surface area contributed by atoms with Gasteiger partial charge in [0.25, 0.3) is 0 Å². The van der Waals surface area contributed by atoms with Gasteiger partial charge in [0.15, 0.2) is 0 Å². The highest BCUT2D eigenvalue weighted by Gasteiger charge is 2.10. The molecule has 1 aromatic carbocycles. The van der Waals surface area contributed by atoms with Crippen LogP contribution in [0.1, 0.15) is 26.7 Å². The monoisotopic (exact) mass is 254 g/mol. The maximum absolute atomic E-state index is 11.0. The van der Waals surface area contributed by atoms with Gasteiger partial charge in [0.2, 0.25) is 5.43 Å². The standard InChI is InChI=1S/C13H22N2OS/c1-4-7-15(5-2)9-6-8-14(3)11-10-12(16)13(11)17/h10H,4-9H2,1-3H3. The topological polar surface area (TPSA) is 23.6 Å². The van der Waals surface area contributed by atoms with Crippen LogP contribution in [0.5, 0.6) is 0 Å². The summed E-state index contributed by atoms with van der Waals surface area (Å²) < 4.78 is 0.494. The summed E-state index contributed by atoms with van der Waals surface area (Å²) in [5.41, 5.74) is 0.937. The van der Waals surface area contributed by atoms with E-state index in [0.29, 0.717) is 4.51 Å². The largest absolute Gasteiger partial charge is 0.373 e. The van der Waals surface area contributed by atoms with E-state index in [-0.39, 0.29) is 5.43 Å². The van der Waals surface area contributed by atoms with Crippen molar-refractivity contribution < 1.29 is 0 Å². The van der Waals surface area contributed by atoms with Crippen molar-refractivity contribution in [3.05, 3.63) is 20.8 Å². The summed E-state index contributed by atoms with van der Waals surface area (Å²) in [5.74, 6) is 0. The molecule has 0 aliphatic carbocycles. The number of hydrogen-bond acceptors (Lipinski definition) is 4. The molecule has 0 radical (unpaired) electrons. The lowest BCUT2D eigenvalue weighted by Crippen LogP contribution is -2.30. The smallest absolute Gasteiger partial charge is 0.200 e. The summed E-state index contributed by atoms with van der Waals surface area (Å²) in [4.78, 5) is 15.5. The summed E-state index contributed by atoms with van der Waals surface area (Å²) in [5, 5.41) is 0. The molecule has 1 rings (SSSR count). The Balaban J connectivity index is 2.30. The molecule has 0 aliphatic heterocycles. The normalized spacial score (nSPS) is 11.3. The SMILES string of the molecule is CCCN(CC)CCCN(C)c1cc(=O)c1=S. The van der Waals surface area contributed by atoms with Gasteiger partial charge in [-0.2, -0.15) is 0 Å². The third-order valence-corrected chi connectivity index (χ3v) is 3.50. The van der Waals surface area contributed by atoms with Crippen molar-refractivity contribution >= 4 is 17.9 Å². The molecule has 0 aromatic heterocycles. The second kappa shape index (κ2) is 6.87. The molecular weight excluding hydrogens is 232 g/mol. The van der Waals surface area contributed by atoms with Crippen molar-refractivity contribution in [2.75, 3.05) is 38.1 Å². The molecule has 17 heavy (non-hydrogen) atoms. The van der Waals surface area contributed by atoms with Crippen LogP contribution in [0.25, 0.3) is 0 Å². The van der Waals surface area contributed by atoms with Crippen LogP contribution in [0.2, 0.25) is 0 Å².